The standard InChI is InChI=1S/C16H29N3/c1-14(2)11-15-5-4-6-16(12-15,13-17)19-9-7-18(3)8-10-19/h14-15H,4-12H2,1-3H3. The molecule has 0 aromatic carbocycles. The summed E-state index contributed by atoms with van der Waals surface area (Å²) < 4.78 is 0. The average molecular weight is 263 g/mol. The minimum Gasteiger partial charge on any atom is -0.304 e. The molecule has 2 aliphatic rings. The minimum absolute atomic E-state index is 0.154. The van der Waals surface area contributed by atoms with Gasteiger partial charge in [0.15, 0.2) is 0 Å². The number of likely N-dealkylation sites (N-methyl/N-ethyl adjacent to an activating group) is 1. The number of rotatable bonds is 3. The van der Waals surface area contributed by atoms with Crippen molar-refractivity contribution in [1.82, 2.24) is 9.80 Å². The molecule has 2 fully saturated rings. The molecule has 0 amide bonds. The van der Waals surface area contributed by atoms with Crippen LogP contribution in [0.15, 0.2) is 0 Å². The number of hydrogen-bond donors (Lipinski definition) is 0. The number of nitriles is 1. The predicted octanol–water partition coefficient (Wildman–Crippen LogP) is 2.73. The Morgan fingerprint density at radius 2 is 1.95 bits per heavy atom. The van der Waals surface area contributed by atoms with Crippen molar-refractivity contribution in [3.8, 4) is 6.07 Å². The van der Waals surface area contributed by atoms with Crippen LogP contribution in [0.4, 0.5) is 0 Å². The zero-order valence-corrected chi connectivity index (χ0v) is 12.9. The summed E-state index contributed by atoms with van der Waals surface area (Å²) in [5.41, 5.74) is -0.154. The second-order valence-corrected chi connectivity index (χ2v) is 7.03. The van der Waals surface area contributed by atoms with Gasteiger partial charge in [0.25, 0.3) is 0 Å². The molecular weight excluding hydrogens is 234 g/mol. The highest BCUT2D eigenvalue weighted by atomic mass is 15.3. The molecule has 1 saturated heterocycles. The van der Waals surface area contributed by atoms with E-state index in [2.05, 4.69) is 36.8 Å². The summed E-state index contributed by atoms with van der Waals surface area (Å²) in [5, 5.41) is 9.81. The molecule has 0 N–H and O–H groups in total. The Labute approximate surface area is 118 Å². The molecule has 19 heavy (non-hydrogen) atoms. The molecule has 2 rings (SSSR count). The predicted molar refractivity (Wildman–Crippen MR) is 78.8 cm³/mol. The fraction of sp³-hybridized carbons (Fsp3) is 0.938. The third-order valence-electron chi connectivity index (χ3n) is 4.95. The SMILES string of the molecule is CC(C)CC1CCCC(C#N)(N2CCN(C)CC2)C1. The lowest BCUT2D eigenvalue weighted by Crippen LogP contribution is -2.57. The van der Waals surface area contributed by atoms with Crippen molar-refractivity contribution in [2.24, 2.45) is 11.8 Å². The van der Waals surface area contributed by atoms with Gasteiger partial charge in [0.05, 0.1) is 6.07 Å². The normalized spacial score (nSPS) is 34.4. The Morgan fingerprint density at radius 1 is 1.26 bits per heavy atom. The molecule has 2 unspecified atom stereocenters. The van der Waals surface area contributed by atoms with Crippen molar-refractivity contribution in [3.05, 3.63) is 0 Å². The van der Waals surface area contributed by atoms with Crippen LogP contribution in [0.25, 0.3) is 0 Å². The molecule has 0 aromatic rings. The summed E-state index contributed by atoms with van der Waals surface area (Å²) in [6.07, 6.45) is 6.04. The van der Waals surface area contributed by atoms with Crippen molar-refractivity contribution in [2.45, 2.75) is 51.5 Å². The van der Waals surface area contributed by atoms with Gasteiger partial charge in [-0.2, -0.15) is 5.26 Å². The smallest absolute Gasteiger partial charge is 0.109 e. The highest BCUT2D eigenvalue weighted by Crippen LogP contribution is 2.39. The molecule has 3 nitrogen and oxygen atoms in total. The van der Waals surface area contributed by atoms with E-state index in [1.54, 1.807) is 0 Å². The van der Waals surface area contributed by atoms with Gasteiger partial charge in [-0.1, -0.05) is 26.7 Å². The van der Waals surface area contributed by atoms with Gasteiger partial charge >= 0.3 is 0 Å². The second kappa shape index (κ2) is 6.24. The van der Waals surface area contributed by atoms with Gasteiger partial charge in [0, 0.05) is 26.2 Å². The maximum Gasteiger partial charge on any atom is 0.109 e. The van der Waals surface area contributed by atoms with Gasteiger partial charge in [-0.3, -0.25) is 4.90 Å². The van der Waals surface area contributed by atoms with E-state index in [4.69, 9.17) is 0 Å². The molecule has 0 aromatic heterocycles. The first kappa shape index (κ1) is 14.8. The molecule has 1 aliphatic heterocycles. The van der Waals surface area contributed by atoms with E-state index in [0.717, 1.165) is 50.9 Å². The molecule has 0 spiro atoms. The van der Waals surface area contributed by atoms with Crippen molar-refractivity contribution in [2.75, 3.05) is 33.2 Å². The first-order valence-corrected chi connectivity index (χ1v) is 7.90. The molecule has 2 atom stereocenters. The topological polar surface area (TPSA) is 30.3 Å². The molecule has 0 bridgehead atoms. The first-order valence-electron chi connectivity index (χ1n) is 7.90. The summed E-state index contributed by atoms with van der Waals surface area (Å²) >= 11 is 0. The maximum atomic E-state index is 9.81. The minimum atomic E-state index is -0.154. The summed E-state index contributed by atoms with van der Waals surface area (Å²) in [6, 6.07) is 2.71. The second-order valence-electron chi connectivity index (χ2n) is 7.03. The van der Waals surface area contributed by atoms with Crippen LogP contribution >= 0.6 is 0 Å². The summed E-state index contributed by atoms with van der Waals surface area (Å²) in [4.78, 5) is 4.86. The molecule has 108 valence electrons. The Hall–Kier alpha value is -0.590. The Balaban J connectivity index is 2.03. The Kier molecular flexibility index (Phi) is 4.86. The molecule has 0 radical (unpaired) electrons. The lowest BCUT2D eigenvalue weighted by molar-refractivity contribution is 0.0314. The largest absolute Gasteiger partial charge is 0.304 e. The molecule has 1 saturated carbocycles. The van der Waals surface area contributed by atoms with Gasteiger partial charge in [-0.05, 0) is 38.1 Å². The van der Waals surface area contributed by atoms with E-state index in [0.29, 0.717) is 0 Å². The van der Waals surface area contributed by atoms with Crippen LogP contribution in [-0.4, -0.2) is 48.6 Å². The van der Waals surface area contributed by atoms with E-state index >= 15 is 0 Å². The average Bonchev–Trinajstić information content (AvgIpc) is 2.39. The lowest BCUT2D eigenvalue weighted by atomic mass is 9.72. The van der Waals surface area contributed by atoms with E-state index in [1.165, 1.54) is 19.3 Å². The van der Waals surface area contributed by atoms with E-state index in [1.807, 2.05) is 0 Å². The van der Waals surface area contributed by atoms with Crippen LogP contribution < -0.4 is 0 Å². The monoisotopic (exact) mass is 263 g/mol. The van der Waals surface area contributed by atoms with Crippen molar-refractivity contribution < 1.29 is 0 Å². The lowest BCUT2D eigenvalue weighted by Gasteiger charge is -2.47. The molecule has 1 aliphatic carbocycles. The van der Waals surface area contributed by atoms with Gasteiger partial charge in [0.2, 0.25) is 0 Å². The number of hydrogen-bond acceptors (Lipinski definition) is 3. The first-order chi connectivity index (χ1) is 9.05. The molecular formula is C16H29N3. The van der Waals surface area contributed by atoms with Gasteiger partial charge < -0.3 is 4.90 Å². The van der Waals surface area contributed by atoms with E-state index in [-0.39, 0.29) is 5.54 Å². The van der Waals surface area contributed by atoms with Crippen LogP contribution in [0.2, 0.25) is 0 Å². The quantitative estimate of drug-likeness (QED) is 0.784. The third kappa shape index (κ3) is 3.49. The van der Waals surface area contributed by atoms with Crippen LogP contribution in [0.5, 0.6) is 0 Å². The van der Waals surface area contributed by atoms with Crippen molar-refractivity contribution in [1.29, 1.82) is 5.26 Å². The highest BCUT2D eigenvalue weighted by molar-refractivity contribution is 5.11. The zero-order chi connectivity index (χ0) is 13.9. The Bertz CT molecular complexity index is 325. The van der Waals surface area contributed by atoms with Gasteiger partial charge in [0.1, 0.15) is 5.54 Å². The van der Waals surface area contributed by atoms with Crippen LogP contribution in [-0.2, 0) is 0 Å². The van der Waals surface area contributed by atoms with Crippen LogP contribution in [0.1, 0.15) is 46.0 Å². The fourth-order valence-electron chi connectivity index (χ4n) is 3.93. The number of nitrogens with zero attached hydrogens (tertiary/aromatic N) is 3. The van der Waals surface area contributed by atoms with Crippen LogP contribution in [0, 0.1) is 23.2 Å². The van der Waals surface area contributed by atoms with Crippen molar-refractivity contribution >= 4 is 0 Å². The number of piperazine rings is 1. The van der Waals surface area contributed by atoms with Gasteiger partial charge in [-0.25, -0.2) is 0 Å². The summed E-state index contributed by atoms with van der Waals surface area (Å²) in [7, 11) is 2.18. The van der Waals surface area contributed by atoms with Gasteiger partial charge in [-0.15, -0.1) is 0 Å². The summed E-state index contributed by atoms with van der Waals surface area (Å²) in [5.74, 6) is 1.51. The highest BCUT2D eigenvalue weighted by Gasteiger charge is 2.42. The molecule has 3 heteroatoms. The van der Waals surface area contributed by atoms with E-state index in [9.17, 15) is 5.26 Å². The summed E-state index contributed by atoms with van der Waals surface area (Å²) in [6.45, 7) is 8.96. The van der Waals surface area contributed by atoms with Crippen LogP contribution in [0.3, 0.4) is 0 Å². The maximum absolute atomic E-state index is 9.81. The zero-order valence-electron chi connectivity index (χ0n) is 12.9. The fourth-order valence-corrected chi connectivity index (χ4v) is 3.93. The molecule has 1 heterocycles. The third-order valence-corrected chi connectivity index (χ3v) is 4.95. The van der Waals surface area contributed by atoms with E-state index < -0.39 is 0 Å². The van der Waals surface area contributed by atoms with Crippen molar-refractivity contribution in [3.63, 3.8) is 0 Å². The Morgan fingerprint density at radius 3 is 2.53 bits per heavy atom.